The van der Waals surface area contributed by atoms with Gasteiger partial charge in [0.15, 0.2) is 0 Å². The minimum Gasteiger partial charge on any atom is -0.399 e. The van der Waals surface area contributed by atoms with Crippen molar-refractivity contribution in [1.82, 2.24) is 0 Å². The monoisotopic (exact) mass is 255 g/mol. The minimum atomic E-state index is -0.0566. The lowest BCUT2D eigenvalue weighted by atomic mass is 10.1. The van der Waals surface area contributed by atoms with Gasteiger partial charge in [0.2, 0.25) is 5.91 Å². The van der Waals surface area contributed by atoms with Gasteiger partial charge in [0, 0.05) is 24.1 Å². The number of nitrogens with one attached hydrogen (secondary N) is 2. The highest BCUT2D eigenvalue weighted by Gasteiger charge is 2.04. The maximum atomic E-state index is 11.9. The van der Waals surface area contributed by atoms with Crippen molar-refractivity contribution in [1.29, 1.82) is 0 Å². The number of benzene rings is 2. The Morgan fingerprint density at radius 3 is 2.58 bits per heavy atom. The number of rotatable bonds is 4. The molecule has 0 atom stereocenters. The molecule has 0 saturated carbocycles. The summed E-state index contributed by atoms with van der Waals surface area (Å²) in [5.74, 6) is -0.0566. The van der Waals surface area contributed by atoms with Gasteiger partial charge in [0.25, 0.3) is 0 Å². The van der Waals surface area contributed by atoms with E-state index in [2.05, 4.69) is 10.6 Å². The molecule has 0 aromatic heterocycles. The van der Waals surface area contributed by atoms with Crippen molar-refractivity contribution in [2.75, 3.05) is 23.4 Å². The molecule has 4 nitrogen and oxygen atoms in total. The first-order chi connectivity index (χ1) is 9.17. The smallest absolute Gasteiger partial charge is 0.228 e. The van der Waals surface area contributed by atoms with Gasteiger partial charge in [-0.2, -0.15) is 0 Å². The fourth-order valence-electron chi connectivity index (χ4n) is 1.85. The number of hydrogen-bond acceptors (Lipinski definition) is 3. The van der Waals surface area contributed by atoms with Crippen LogP contribution in [0.3, 0.4) is 0 Å². The fraction of sp³-hybridized carbons (Fsp3) is 0.133. The van der Waals surface area contributed by atoms with Crippen LogP contribution in [0.5, 0.6) is 0 Å². The van der Waals surface area contributed by atoms with Crippen molar-refractivity contribution in [2.24, 2.45) is 0 Å². The van der Waals surface area contributed by atoms with Gasteiger partial charge in [-0.25, -0.2) is 0 Å². The zero-order valence-corrected chi connectivity index (χ0v) is 10.8. The van der Waals surface area contributed by atoms with Crippen molar-refractivity contribution >= 4 is 23.0 Å². The molecule has 2 aromatic rings. The first-order valence-corrected chi connectivity index (χ1v) is 6.09. The molecule has 4 heteroatoms. The molecule has 0 aliphatic heterocycles. The predicted octanol–water partition coefficient (Wildman–Crippen LogP) is 2.49. The van der Waals surface area contributed by atoms with Gasteiger partial charge in [-0.3, -0.25) is 4.79 Å². The quantitative estimate of drug-likeness (QED) is 0.735. The summed E-state index contributed by atoms with van der Waals surface area (Å²) in [4.78, 5) is 11.9. The van der Waals surface area contributed by atoms with E-state index in [1.807, 2.05) is 49.5 Å². The summed E-state index contributed by atoms with van der Waals surface area (Å²) >= 11 is 0. The third kappa shape index (κ3) is 3.74. The number of anilines is 3. The van der Waals surface area contributed by atoms with Crippen LogP contribution in [0.1, 0.15) is 5.56 Å². The van der Waals surface area contributed by atoms with E-state index in [1.165, 1.54) is 0 Å². The summed E-state index contributed by atoms with van der Waals surface area (Å²) in [7, 11) is 1.84. The molecule has 0 bridgehead atoms. The predicted molar refractivity (Wildman–Crippen MR) is 79.2 cm³/mol. The van der Waals surface area contributed by atoms with Gasteiger partial charge in [0.1, 0.15) is 0 Å². The van der Waals surface area contributed by atoms with E-state index >= 15 is 0 Å². The van der Waals surface area contributed by atoms with Crippen molar-refractivity contribution in [3.63, 3.8) is 0 Å². The Morgan fingerprint density at radius 1 is 1.11 bits per heavy atom. The van der Waals surface area contributed by atoms with Crippen molar-refractivity contribution in [3.05, 3.63) is 54.1 Å². The summed E-state index contributed by atoms with van der Waals surface area (Å²) in [6.45, 7) is 0. The number of nitrogens with two attached hydrogens (primary N) is 1. The molecular weight excluding hydrogens is 238 g/mol. The molecule has 1 amide bonds. The average Bonchev–Trinajstić information content (AvgIpc) is 2.38. The van der Waals surface area contributed by atoms with Crippen LogP contribution in [0.25, 0.3) is 0 Å². The largest absolute Gasteiger partial charge is 0.399 e. The molecule has 0 fully saturated rings. The summed E-state index contributed by atoms with van der Waals surface area (Å²) in [5.41, 5.74) is 9.00. The highest BCUT2D eigenvalue weighted by atomic mass is 16.1. The van der Waals surface area contributed by atoms with E-state index in [0.717, 1.165) is 16.9 Å². The number of hydrogen-bond donors (Lipinski definition) is 3. The molecule has 0 saturated heterocycles. The van der Waals surface area contributed by atoms with Crippen LogP contribution in [-0.4, -0.2) is 13.0 Å². The maximum Gasteiger partial charge on any atom is 0.228 e. The van der Waals surface area contributed by atoms with Crippen molar-refractivity contribution in [2.45, 2.75) is 6.42 Å². The molecule has 0 aliphatic rings. The van der Waals surface area contributed by atoms with Crippen LogP contribution in [0.2, 0.25) is 0 Å². The molecule has 2 aromatic carbocycles. The maximum absolute atomic E-state index is 11.9. The van der Waals surface area contributed by atoms with Gasteiger partial charge in [-0.15, -0.1) is 0 Å². The van der Waals surface area contributed by atoms with Gasteiger partial charge in [-0.05, 0) is 35.9 Å². The molecule has 0 spiro atoms. The van der Waals surface area contributed by atoms with Crippen LogP contribution < -0.4 is 16.4 Å². The molecule has 98 valence electrons. The van der Waals surface area contributed by atoms with Crippen LogP contribution in [-0.2, 0) is 11.2 Å². The van der Waals surface area contributed by atoms with E-state index in [9.17, 15) is 4.79 Å². The van der Waals surface area contributed by atoms with Gasteiger partial charge >= 0.3 is 0 Å². The summed E-state index contributed by atoms with van der Waals surface area (Å²) in [6.07, 6.45) is 0.314. The number of carbonyl (C=O) groups is 1. The highest BCUT2D eigenvalue weighted by Crippen LogP contribution is 2.15. The molecule has 0 heterocycles. The third-order valence-electron chi connectivity index (χ3n) is 2.75. The lowest BCUT2D eigenvalue weighted by Crippen LogP contribution is -2.14. The standard InChI is InChI=1S/C15H17N3O/c1-17-13-6-3-7-14(10-13)18-15(19)9-11-4-2-5-12(16)8-11/h2-8,10,17H,9,16H2,1H3,(H,18,19). The van der Waals surface area contributed by atoms with E-state index in [4.69, 9.17) is 5.73 Å². The Labute approximate surface area is 112 Å². The van der Waals surface area contributed by atoms with E-state index in [1.54, 1.807) is 6.07 Å². The van der Waals surface area contributed by atoms with Crippen LogP contribution in [0.4, 0.5) is 17.1 Å². The van der Waals surface area contributed by atoms with Crippen molar-refractivity contribution < 1.29 is 4.79 Å². The van der Waals surface area contributed by atoms with Crippen LogP contribution in [0, 0.1) is 0 Å². The zero-order valence-electron chi connectivity index (χ0n) is 10.8. The Kier molecular flexibility index (Phi) is 4.03. The van der Waals surface area contributed by atoms with Gasteiger partial charge in [-0.1, -0.05) is 18.2 Å². The van der Waals surface area contributed by atoms with Gasteiger partial charge < -0.3 is 16.4 Å². The topological polar surface area (TPSA) is 67.1 Å². The summed E-state index contributed by atoms with van der Waals surface area (Å²) in [5, 5.41) is 5.89. The van der Waals surface area contributed by atoms with Crippen LogP contribution in [0.15, 0.2) is 48.5 Å². The lowest BCUT2D eigenvalue weighted by molar-refractivity contribution is -0.115. The first kappa shape index (κ1) is 13.0. The summed E-state index contributed by atoms with van der Waals surface area (Å²) in [6, 6.07) is 14.9. The van der Waals surface area contributed by atoms with Crippen LogP contribution >= 0.6 is 0 Å². The zero-order chi connectivity index (χ0) is 13.7. The number of carbonyl (C=O) groups excluding carboxylic acids is 1. The number of nitrogen functional groups attached to an aromatic ring is 1. The summed E-state index contributed by atoms with van der Waals surface area (Å²) < 4.78 is 0. The Bertz CT molecular complexity index is 581. The molecular formula is C15H17N3O. The van der Waals surface area contributed by atoms with E-state index in [0.29, 0.717) is 12.1 Å². The molecule has 19 heavy (non-hydrogen) atoms. The Morgan fingerprint density at radius 2 is 1.84 bits per heavy atom. The van der Waals surface area contributed by atoms with E-state index < -0.39 is 0 Å². The van der Waals surface area contributed by atoms with Crippen molar-refractivity contribution in [3.8, 4) is 0 Å². The SMILES string of the molecule is CNc1cccc(NC(=O)Cc2cccc(N)c2)c1. The normalized spacial score (nSPS) is 9.95. The molecule has 4 N–H and O–H groups in total. The minimum absolute atomic E-state index is 0.0566. The molecule has 0 aliphatic carbocycles. The highest BCUT2D eigenvalue weighted by molar-refractivity contribution is 5.92. The second-order valence-electron chi connectivity index (χ2n) is 4.30. The second kappa shape index (κ2) is 5.91. The third-order valence-corrected chi connectivity index (χ3v) is 2.75. The van der Waals surface area contributed by atoms with E-state index in [-0.39, 0.29) is 5.91 Å². The molecule has 0 unspecified atom stereocenters. The Hall–Kier alpha value is -2.49. The number of amides is 1. The fourth-order valence-corrected chi connectivity index (χ4v) is 1.85. The Balaban J connectivity index is 2.01. The average molecular weight is 255 g/mol. The molecule has 0 radical (unpaired) electrons. The molecule has 2 rings (SSSR count). The first-order valence-electron chi connectivity index (χ1n) is 6.09. The second-order valence-corrected chi connectivity index (χ2v) is 4.30. The van der Waals surface area contributed by atoms with Gasteiger partial charge in [0.05, 0.1) is 6.42 Å². The lowest BCUT2D eigenvalue weighted by Gasteiger charge is -2.07.